The first-order valence-corrected chi connectivity index (χ1v) is 10.4. The third-order valence-electron chi connectivity index (χ3n) is 5.55. The molecule has 29 heavy (non-hydrogen) atoms. The van der Waals surface area contributed by atoms with E-state index in [0.717, 1.165) is 44.0 Å². The number of para-hydroxylation sites is 1. The Morgan fingerprint density at radius 3 is 2.76 bits per heavy atom. The molecule has 0 spiro atoms. The Morgan fingerprint density at radius 2 is 2.03 bits per heavy atom. The fourth-order valence-electron chi connectivity index (χ4n) is 3.98. The number of hydrogen-bond donors (Lipinski definition) is 0. The Labute approximate surface area is 171 Å². The first-order valence-electron chi connectivity index (χ1n) is 10.4. The normalized spacial score (nSPS) is 22.9. The molecule has 2 saturated heterocycles. The molecule has 2 atom stereocenters. The first-order chi connectivity index (χ1) is 14.0. The molecule has 0 N–H and O–H groups in total. The summed E-state index contributed by atoms with van der Waals surface area (Å²) in [5, 5.41) is 0. The van der Waals surface area contributed by atoms with Crippen molar-refractivity contribution in [3.8, 4) is 0 Å². The number of imide groups is 1. The van der Waals surface area contributed by atoms with Crippen LogP contribution >= 0.6 is 0 Å². The summed E-state index contributed by atoms with van der Waals surface area (Å²) in [5.41, 5.74) is 0.575. The first kappa shape index (κ1) is 21.5. The van der Waals surface area contributed by atoms with Crippen molar-refractivity contribution in [3.63, 3.8) is 0 Å². The number of likely N-dealkylation sites (tertiary alicyclic amines) is 1. The number of rotatable bonds is 8. The number of benzene rings is 1. The number of hydrogen-bond acceptors (Lipinski definition) is 6. The van der Waals surface area contributed by atoms with E-state index < -0.39 is 5.97 Å². The minimum Gasteiger partial charge on any atom is -0.462 e. The van der Waals surface area contributed by atoms with E-state index in [2.05, 4.69) is 4.90 Å². The summed E-state index contributed by atoms with van der Waals surface area (Å²) >= 11 is 0. The van der Waals surface area contributed by atoms with Gasteiger partial charge in [0.05, 0.1) is 24.5 Å². The Bertz CT molecular complexity index is 750. The van der Waals surface area contributed by atoms with E-state index in [4.69, 9.17) is 9.47 Å². The molecule has 2 aliphatic heterocycles. The van der Waals surface area contributed by atoms with Gasteiger partial charge in [0.25, 0.3) is 0 Å². The molecule has 0 radical (unpaired) electrons. The average molecular weight is 402 g/mol. The lowest BCUT2D eigenvalue weighted by atomic mass is 9.99. The molecule has 2 aliphatic rings. The summed E-state index contributed by atoms with van der Waals surface area (Å²) < 4.78 is 11.0. The second-order valence-corrected chi connectivity index (χ2v) is 7.79. The van der Waals surface area contributed by atoms with Gasteiger partial charge in [-0.1, -0.05) is 19.1 Å². The molecule has 7 nitrogen and oxygen atoms in total. The maximum absolute atomic E-state index is 12.7. The fraction of sp³-hybridized carbons (Fsp3) is 0.591. The van der Waals surface area contributed by atoms with Crippen LogP contribution in [0.3, 0.4) is 0 Å². The molecule has 158 valence electrons. The maximum atomic E-state index is 12.7. The minimum absolute atomic E-state index is 0.169. The highest BCUT2D eigenvalue weighted by molar-refractivity contribution is 6.22. The third kappa shape index (κ3) is 5.22. The van der Waals surface area contributed by atoms with Crippen LogP contribution in [-0.2, 0) is 19.1 Å². The predicted octanol–water partition coefficient (Wildman–Crippen LogP) is 2.49. The highest BCUT2D eigenvalue weighted by Crippen LogP contribution is 2.29. The van der Waals surface area contributed by atoms with Crippen molar-refractivity contribution >= 4 is 23.5 Å². The summed E-state index contributed by atoms with van der Waals surface area (Å²) in [6.07, 6.45) is 2.25. The largest absolute Gasteiger partial charge is 0.462 e. The van der Waals surface area contributed by atoms with Crippen molar-refractivity contribution in [2.75, 3.05) is 44.4 Å². The fourth-order valence-corrected chi connectivity index (χ4v) is 3.98. The highest BCUT2D eigenvalue weighted by Gasteiger charge is 2.38. The van der Waals surface area contributed by atoms with Crippen molar-refractivity contribution in [2.24, 2.45) is 11.8 Å². The van der Waals surface area contributed by atoms with Gasteiger partial charge >= 0.3 is 5.97 Å². The molecular formula is C22H30N2O5. The van der Waals surface area contributed by atoms with Gasteiger partial charge in [-0.2, -0.15) is 0 Å². The summed E-state index contributed by atoms with van der Waals surface area (Å²) in [6, 6.07) is 6.66. The van der Waals surface area contributed by atoms with E-state index in [-0.39, 0.29) is 35.6 Å². The zero-order valence-corrected chi connectivity index (χ0v) is 17.3. The number of piperidine rings is 1. The number of carbonyl (C=O) groups excluding carboxylic acids is 3. The van der Waals surface area contributed by atoms with Crippen molar-refractivity contribution in [1.82, 2.24) is 4.90 Å². The zero-order valence-electron chi connectivity index (χ0n) is 17.3. The Morgan fingerprint density at radius 1 is 1.24 bits per heavy atom. The van der Waals surface area contributed by atoms with Crippen molar-refractivity contribution in [3.05, 3.63) is 29.8 Å². The van der Waals surface area contributed by atoms with Gasteiger partial charge in [-0.05, 0) is 38.4 Å². The van der Waals surface area contributed by atoms with E-state index in [1.54, 1.807) is 31.2 Å². The summed E-state index contributed by atoms with van der Waals surface area (Å²) in [7, 11) is 0. The molecule has 2 fully saturated rings. The Balaban J connectivity index is 1.60. The number of ether oxygens (including phenoxy) is 2. The molecule has 0 aromatic heterocycles. The summed E-state index contributed by atoms with van der Waals surface area (Å²) in [5.74, 6) is -1.13. The smallest absolute Gasteiger partial charge is 0.340 e. The SMILES string of the molecule is CCOCCN1CCC[C@H](COC(=O)c2ccccc2N2C(=O)C[C@H](C)C2=O)C1. The van der Waals surface area contributed by atoms with Gasteiger partial charge in [0, 0.05) is 38.0 Å². The van der Waals surface area contributed by atoms with Crippen molar-refractivity contribution in [1.29, 1.82) is 0 Å². The minimum atomic E-state index is -0.493. The second-order valence-electron chi connectivity index (χ2n) is 7.79. The van der Waals surface area contributed by atoms with Crippen LogP contribution in [-0.4, -0.2) is 62.1 Å². The van der Waals surface area contributed by atoms with Gasteiger partial charge in [-0.25, -0.2) is 9.69 Å². The lowest BCUT2D eigenvalue weighted by Gasteiger charge is -2.32. The predicted molar refractivity (Wildman–Crippen MR) is 109 cm³/mol. The van der Waals surface area contributed by atoms with Gasteiger partial charge < -0.3 is 14.4 Å². The molecule has 3 rings (SSSR count). The van der Waals surface area contributed by atoms with Gasteiger partial charge in [-0.15, -0.1) is 0 Å². The lowest BCUT2D eigenvalue weighted by Crippen LogP contribution is -2.39. The average Bonchev–Trinajstić information content (AvgIpc) is 2.98. The van der Waals surface area contributed by atoms with Gasteiger partial charge in [-0.3, -0.25) is 9.59 Å². The Hall–Kier alpha value is -2.25. The third-order valence-corrected chi connectivity index (χ3v) is 5.55. The van der Waals surface area contributed by atoms with Crippen LogP contribution in [0.1, 0.15) is 43.5 Å². The monoisotopic (exact) mass is 402 g/mol. The van der Waals surface area contributed by atoms with Gasteiger partial charge in [0.1, 0.15) is 0 Å². The number of amides is 2. The van der Waals surface area contributed by atoms with E-state index in [1.807, 2.05) is 6.92 Å². The molecule has 2 heterocycles. The van der Waals surface area contributed by atoms with Crippen molar-refractivity contribution in [2.45, 2.75) is 33.1 Å². The van der Waals surface area contributed by atoms with E-state index in [9.17, 15) is 14.4 Å². The van der Waals surface area contributed by atoms with Crippen LogP contribution in [0.25, 0.3) is 0 Å². The molecule has 0 saturated carbocycles. The topological polar surface area (TPSA) is 76.2 Å². The van der Waals surface area contributed by atoms with E-state index in [0.29, 0.717) is 18.9 Å². The maximum Gasteiger partial charge on any atom is 0.340 e. The summed E-state index contributed by atoms with van der Waals surface area (Å²) in [4.78, 5) is 40.8. The van der Waals surface area contributed by atoms with Crippen molar-refractivity contribution < 1.29 is 23.9 Å². The highest BCUT2D eigenvalue weighted by atomic mass is 16.5. The number of esters is 1. The number of carbonyl (C=O) groups is 3. The number of nitrogens with zero attached hydrogens (tertiary/aromatic N) is 2. The van der Waals surface area contributed by atoms with Crippen LogP contribution in [0.4, 0.5) is 5.69 Å². The summed E-state index contributed by atoms with van der Waals surface area (Å²) in [6.45, 7) is 8.28. The molecule has 0 bridgehead atoms. The zero-order chi connectivity index (χ0) is 20.8. The van der Waals surface area contributed by atoms with Crippen LogP contribution in [0.2, 0.25) is 0 Å². The molecule has 1 aromatic rings. The number of anilines is 1. The molecule has 0 aliphatic carbocycles. The van der Waals surface area contributed by atoms with Crippen LogP contribution < -0.4 is 4.90 Å². The molecule has 7 heteroatoms. The van der Waals surface area contributed by atoms with Gasteiger partial charge in [0.2, 0.25) is 11.8 Å². The molecule has 0 unspecified atom stereocenters. The molecule has 2 amide bonds. The van der Waals surface area contributed by atoms with Crippen LogP contribution in [0.15, 0.2) is 24.3 Å². The van der Waals surface area contributed by atoms with E-state index in [1.165, 1.54) is 0 Å². The standard InChI is InChI=1S/C22H30N2O5/c1-3-28-12-11-23-10-6-7-17(14-23)15-29-22(27)18-8-4-5-9-19(18)24-20(25)13-16(2)21(24)26/h4-5,8-9,16-17H,3,6-7,10-15H2,1-2H3/t16-,17-/m0/s1. The second kappa shape index (κ2) is 9.98. The van der Waals surface area contributed by atoms with Crippen LogP contribution in [0.5, 0.6) is 0 Å². The van der Waals surface area contributed by atoms with E-state index >= 15 is 0 Å². The van der Waals surface area contributed by atoms with Gasteiger partial charge in [0.15, 0.2) is 0 Å². The quantitative estimate of drug-likeness (QED) is 0.378. The van der Waals surface area contributed by atoms with Crippen LogP contribution in [0, 0.1) is 11.8 Å². The molecular weight excluding hydrogens is 372 g/mol. The lowest BCUT2D eigenvalue weighted by molar-refractivity contribution is -0.122. The molecule has 1 aromatic carbocycles. The Kier molecular flexibility index (Phi) is 7.39.